The van der Waals surface area contributed by atoms with Gasteiger partial charge in [-0.25, -0.2) is 0 Å². The van der Waals surface area contributed by atoms with E-state index >= 15 is 0 Å². The summed E-state index contributed by atoms with van der Waals surface area (Å²) in [6, 6.07) is 7.52. The van der Waals surface area contributed by atoms with E-state index in [4.69, 9.17) is 10.4 Å². The summed E-state index contributed by atoms with van der Waals surface area (Å²) in [5, 5.41) is 20.5. The van der Waals surface area contributed by atoms with Crippen LogP contribution in [0, 0.1) is 11.3 Å². The van der Waals surface area contributed by atoms with Gasteiger partial charge in [0.1, 0.15) is 0 Å². The van der Waals surface area contributed by atoms with Crippen molar-refractivity contribution in [3.63, 3.8) is 0 Å². The van der Waals surface area contributed by atoms with Gasteiger partial charge in [0.15, 0.2) is 0 Å². The summed E-state index contributed by atoms with van der Waals surface area (Å²) >= 11 is 3.39. The van der Waals surface area contributed by atoms with Gasteiger partial charge in [-0.05, 0) is 47.0 Å². The molecule has 15 heavy (non-hydrogen) atoms. The van der Waals surface area contributed by atoms with Crippen LogP contribution in [0.15, 0.2) is 22.7 Å². The zero-order chi connectivity index (χ0) is 11.1. The van der Waals surface area contributed by atoms with Crippen LogP contribution in [0.25, 0.3) is 0 Å². The number of aliphatic hydroxyl groups is 1. The largest absolute Gasteiger partial charge is 0.396 e. The number of anilines is 1. The highest BCUT2D eigenvalue weighted by Crippen LogP contribution is 2.23. The molecular formula is C11H13BrN2O. The molecular weight excluding hydrogens is 256 g/mol. The fraction of sp³-hybridized carbons (Fsp3) is 0.364. The molecule has 4 heteroatoms. The molecule has 0 heterocycles. The molecule has 0 spiro atoms. The Hall–Kier alpha value is -1.05. The summed E-state index contributed by atoms with van der Waals surface area (Å²) in [5.41, 5.74) is 1.62. The molecule has 0 aliphatic carbocycles. The third kappa shape index (κ3) is 3.90. The number of hydrogen-bond donors (Lipinski definition) is 2. The number of rotatable bonds is 5. The number of nitrogens with zero attached hydrogens (tertiary/aromatic N) is 1. The Balaban J connectivity index is 2.52. The lowest BCUT2D eigenvalue weighted by molar-refractivity contribution is 0.286. The van der Waals surface area contributed by atoms with E-state index in [1.54, 1.807) is 12.1 Å². The maximum atomic E-state index is 8.68. The molecule has 0 fully saturated rings. The van der Waals surface area contributed by atoms with E-state index in [9.17, 15) is 0 Å². The third-order valence-electron chi connectivity index (χ3n) is 2.00. The number of nitriles is 1. The molecule has 0 atom stereocenters. The van der Waals surface area contributed by atoms with Crippen LogP contribution in [-0.4, -0.2) is 18.3 Å². The molecule has 0 radical (unpaired) electrons. The molecule has 0 amide bonds. The Morgan fingerprint density at radius 1 is 1.40 bits per heavy atom. The van der Waals surface area contributed by atoms with Crippen molar-refractivity contribution in [2.75, 3.05) is 18.5 Å². The molecule has 0 saturated heterocycles. The number of benzene rings is 1. The van der Waals surface area contributed by atoms with Crippen LogP contribution in [-0.2, 0) is 0 Å². The fourth-order valence-corrected chi connectivity index (χ4v) is 1.71. The van der Waals surface area contributed by atoms with Gasteiger partial charge >= 0.3 is 0 Å². The standard InChI is InChI=1S/C11H13BrN2O/c12-10-7-9(8-13)3-4-11(10)14-5-1-2-6-15/h3-4,7,14-15H,1-2,5-6H2. The average Bonchev–Trinajstić information content (AvgIpc) is 2.26. The minimum atomic E-state index is 0.232. The molecule has 0 bridgehead atoms. The van der Waals surface area contributed by atoms with E-state index in [0.717, 1.165) is 29.5 Å². The summed E-state index contributed by atoms with van der Waals surface area (Å²) in [6.45, 7) is 1.06. The van der Waals surface area contributed by atoms with Gasteiger partial charge in [0.2, 0.25) is 0 Å². The van der Waals surface area contributed by atoms with Crippen LogP contribution in [0.1, 0.15) is 18.4 Å². The van der Waals surface area contributed by atoms with Crippen molar-refractivity contribution in [3.8, 4) is 6.07 Å². The second kappa shape index (κ2) is 6.44. The van der Waals surface area contributed by atoms with E-state index in [2.05, 4.69) is 27.3 Å². The second-order valence-electron chi connectivity index (χ2n) is 3.16. The van der Waals surface area contributed by atoms with Gasteiger partial charge in [-0.1, -0.05) is 0 Å². The predicted molar refractivity (Wildman–Crippen MR) is 63.7 cm³/mol. The first-order valence-corrected chi connectivity index (χ1v) is 5.61. The molecule has 80 valence electrons. The smallest absolute Gasteiger partial charge is 0.0992 e. The Labute approximate surface area is 97.9 Å². The van der Waals surface area contributed by atoms with Gasteiger partial charge in [0, 0.05) is 23.3 Å². The summed E-state index contributed by atoms with van der Waals surface area (Å²) in [7, 11) is 0. The lowest BCUT2D eigenvalue weighted by atomic mass is 10.2. The summed E-state index contributed by atoms with van der Waals surface area (Å²) in [5.74, 6) is 0. The summed E-state index contributed by atoms with van der Waals surface area (Å²) in [4.78, 5) is 0. The van der Waals surface area contributed by atoms with Crippen LogP contribution in [0.3, 0.4) is 0 Å². The Bertz CT molecular complexity index is 360. The maximum absolute atomic E-state index is 8.68. The summed E-state index contributed by atoms with van der Waals surface area (Å²) in [6.07, 6.45) is 1.74. The molecule has 1 aromatic rings. The van der Waals surface area contributed by atoms with Crippen molar-refractivity contribution in [1.29, 1.82) is 5.26 Å². The Morgan fingerprint density at radius 3 is 2.80 bits per heavy atom. The molecule has 3 nitrogen and oxygen atoms in total. The van der Waals surface area contributed by atoms with Crippen LogP contribution < -0.4 is 5.32 Å². The van der Waals surface area contributed by atoms with Gasteiger partial charge in [-0.2, -0.15) is 5.26 Å². The van der Waals surface area contributed by atoms with Crippen molar-refractivity contribution in [2.45, 2.75) is 12.8 Å². The highest BCUT2D eigenvalue weighted by atomic mass is 79.9. The SMILES string of the molecule is N#Cc1ccc(NCCCCO)c(Br)c1. The fourth-order valence-electron chi connectivity index (χ4n) is 1.19. The van der Waals surface area contributed by atoms with E-state index < -0.39 is 0 Å². The number of nitrogens with one attached hydrogen (secondary N) is 1. The molecule has 0 aliphatic heterocycles. The first kappa shape index (κ1) is 12.0. The first-order valence-electron chi connectivity index (χ1n) is 4.82. The molecule has 1 aromatic carbocycles. The lowest BCUT2D eigenvalue weighted by Crippen LogP contribution is -2.02. The Morgan fingerprint density at radius 2 is 2.20 bits per heavy atom. The van der Waals surface area contributed by atoms with E-state index in [0.29, 0.717) is 5.56 Å². The van der Waals surface area contributed by atoms with Crippen LogP contribution in [0.2, 0.25) is 0 Å². The van der Waals surface area contributed by atoms with E-state index in [1.165, 1.54) is 0 Å². The van der Waals surface area contributed by atoms with Gasteiger partial charge < -0.3 is 10.4 Å². The predicted octanol–water partition coefficient (Wildman–Crippen LogP) is 2.51. The lowest BCUT2D eigenvalue weighted by Gasteiger charge is -2.07. The van der Waals surface area contributed by atoms with Crippen LogP contribution in [0.5, 0.6) is 0 Å². The van der Waals surface area contributed by atoms with Crippen molar-refractivity contribution < 1.29 is 5.11 Å². The molecule has 0 aliphatic rings. The van der Waals surface area contributed by atoms with E-state index in [-0.39, 0.29) is 6.61 Å². The molecule has 1 rings (SSSR count). The number of aliphatic hydroxyl groups excluding tert-OH is 1. The topological polar surface area (TPSA) is 56.0 Å². The minimum absolute atomic E-state index is 0.232. The molecule has 2 N–H and O–H groups in total. The normalized spacial score (nSPS) is 9.67. The highest BCUT2D eigenvalue weighted by molar-refractivity contribution is 9.10. The van der Waals surface area contributed by atoms with Crippen LogP contribution in [0.4, 0.5) is 5.69 Å². The number of unbranched alkanes of at least 4 members (excludes halogenated alkanes) is 1. The van der Waals surface area contributed by atoms with Gasteiger partial charge in [0.25, 0.3) is 0 Å². The monoisotopic (exact) mass is 268 g/mol. The van der Waals surface area contributed by atoms with Crippen molar-refractivity contribution >= 4 is 21.6 Å². The van der Waals surface area contributed by atoms with Gasteiger partial charge in [-0.3, -0.25) is 0 Å². The quantitative estimate of drug-likeness (QED) is 0.807. The average molecular weight is 269 g/mol. The molecule has 0 saturated carbocycles. The number of hydrogen-bond acceptors (Lipinski definition) is 3. The third-order valence-corrected chi connectivity index (χ3v) is 2.65. The van der Waals surface area contributed by atoms with Gasteiger partial charge in [-0.15, -0.1) is 0 Å². The van der Waals surface area contributed by atoms with Gasteiger partial charge in [0.05, 0.1) is 11.6 Å². The number of halogens is 1. The molecule has 0 aromatic heterocycles. The zero-order valence-corrected chi connectivity index (χ0v) is 9.92. The van der Waals surface area contributed by atoms with Crippen LogP contribution >= 0.6 is 15.9 Å². The highest BCUT2D eigenvalue weighted by Gasteiger charge is 2.00. The van der Waals surface area contributed by atoms with Crippen molar-refractivity contribution in [3.05, 3.63) is 28.2 Å². The zero-order valence-electron chi connectivity index (χ0n) is 8.33. The first-order chi connectivity index (χ1) is 7.27. The maximum Gasteiger partial charge on any atom is 0.0992 e. The Kier molecular flexibility index (Phi) is 5.16. The van der Waals surface area contributed by atoms with Crippen molar-refractivity contribution in [2.24, 2.45) is 0 Å². The molecule has 0 unspecified atom stereocenters. The van der Waals surface area contributed by atoms with E-state index in [1.807, 2.05) is 6.07 Å². The summed E-state index contributed by atoms with van der Waals surface area (Å²) < 4.78 is 0.894. The minimum Gasteiger partial charge on any atom is -0.396 e. The second-order valence-corrected chi connectivity index (χ2v) is 4.02. The van der Waals surface area contributed by atoms with Crippen molar-refractivity contribution in [1.82, 2.24) is 0 Å².